The van der Waals surface area contributed by atoms with Crippen LogP contribution in [0.3, 0.4) is 0 Å². The Bertz CT molecular complexity index is 495. The maximum absolute atomic E-state index is 12.2. The lowest BCUT2D eigenvalue weighted by molar-refractivity contribution is -0.120. The molecule has 0 atom stereocenters. The standard InChI is InChI=1S/C26H47N3O/c1-4-7-8-9-10-11-12-13-14-21-26(30)29-25(19-5-2)20-15-16-23-28-24-18-17-22-27-6-3/h6,15,17,19-20,22,27-28H,3-5,7-14,16,18,21,23-24H2,1-2H3,(H,29,30)/b20-15?,22-17-,25-19+. The number of hydrogen-bond acceptors (Lipinski definition) is 3. The highest BCUT2D eigenvalue weighted by Gasteiger charge is 2.02. The van der Waals surface area contributed by atoms with Gasteiger partial charge >= 0.3 is 0 Å². The number of unbranched alkanes of at least 4 members (excludes halogenated alkanes) is 8. The number of carbonyl (C=O) groups is 1. The van der Waals surface area contributed by atoms with Crippen LogP contribution in [-0.2, 0) is 4.79 Å². The summed E-state index contributed by atoms with van der Waals surface area (Å²) in [6.07, 6.45) is 26.8. The highest BCUT2D eigenvalue weighted by molar-refractivity contribution is 5.78. The molecule has 172 valence electrons. The Hall–Kier alpha value is -1.81. The molecule has 3 N–H and O–H groups in total. The second-order valence-corrected chi connectivity index (χ2v) is 7.70. The van der Waals surface area contributed by atoms with Gasteiger partial charge in [-0.15, -0.1) is 0 Å². The van der Waals surface area contributed by atoms with Gasteiger partial charge in [-0.2, -0.15) is 0 Å². The molecule has 0 aromatic heterocycles. The number of allylic oxidation sites excluding steroid dienone is 2. The molecule has 0 fully saturated rings. The normalized spacial score (nSPS) is 12.0. The summed E-state index contributed by atoms with van der Waals surface area (Å²) >= 11 is 0. The molecule has 0 unspecified atom stereocenters. The predicted molar refractivity (Wildman–Crippen MR) is 132 cm³/mol. The Morgan fingerprint density at radius 1 is 0.867 bits per heavy atom. The lowest BCUT2D eigenvalue weighted by Gasteiger charge is -2.07. The Kier molecular flexibility index (Phi) is 22.1. The van der Waals surface area contributed by atoms with E-state index in [1.807, 2.05) is 12.3 Å². The minimum atomic E-state index is 0.139. The minimum absolute atomic E-state index is 0.139. The van der Waals surface area contributed by atoms with Crippen LogP contribution in [-0.4, -0.2) is 19.0 Å². The highest BCUT2D eigenvalue weighted by Crippen LogP contribution is 2.10. The molecule has 0 aliphatic heterocycles. The van der Waals surface area contributed by atoms with E-state index in [0.29, 0.717) is 6.42 Å². The molecule has 30 heavy (non-hydrogen) atoms. The van der Waals surface area contributed by atoms with Crippen molar-refractivity contribution in [1.29, 1.82) is 0 Å². The molecule has 0 aromatic carbocycles. The van der Waals surface area contributed by atoms with Gasteiger partial charge in [-0.3, -0.25) is 4.79 Å². The van der Waals surface area contributed by atoms with Gasteiger partial charge in [-0.25, -0.2) is 0 Å². The Morgan fingerprint density at radius 2 is 1.50 bits per heavy atom. The quantitative estimate of drug-likeness (QED) is 0.148. The Morgan fingerprint density at radius 3 is 2.13 bits per heavy atom. The lowest BCUT2D eigenvalue weighted by Crippen LogP contribution is -2.21. The zero-order valence-corrected chi connectivity index (χ0v) is 19.7. The first-order valence-electron chi connectivity index (χ1n) is 12.1. The fourth-order valence-corrected chi connectivity index (χ4v) is 3.13. The van der Waals surface area contributed by atoms with Crippen molar-refractivity contribution in [3.63, 3.8) is 0 Å². The number of rotatable bonds is 21. The number of carbonyl (C=O) groups excluding carboxylic acids is 1. The maximum atomic E-state index is 12.2. The topological polar surface area (TPSA) is 53.2 Å². The third kappa shape index (κ3) is 20.9. The first-order chi connectivity index (χ1) is 14.7. The molecule has 0 saturated heterocycles. The molecule has 0 aliphatic rings. The fourth-order valence-electron chi connectivity index (χ4n) is 3.13. The molecule has 0 heterocycles. The van der Waals surface area contributed by atoms with Gasteiger partial charge in [-0.1, -0.05) is 90.0 Å². The summed E-state index contributed by atoms with van der Waals surface area (Å²) in [5.41, 5.74) is 0.928. The van der Waals surface area contributed by atoms with E-state index in [2.05, 4.69) is 54.6 Å². The molecule has 0 aliphatic carbocycles. The fraction of sp³-hybridized carbons (Fsp3) is 0.654. The highest BCUT2D eigenvalue weighted by atomic mass is 16.1. The zero-order chi connectivity index (χ0) is 22.1. The number of hydrogen-bond donors (Lipinski definition) is 3. The van der Waals surface area contributed by atoms with E-state index >= 15 is 0 Å². The third-order valence-corrected chi connectivity index (χ3v) is 4.82. The van der Waals surface area contributed by atoms with Crippen LogP contribution in [0, 0.1) is 0 Å². The van der Waals surface area contributed by atoms with Crippen molar-refractivity contribution in [3.8, 4) is 0 Å². The third-order valence-electron chi connectivity index (χ3n) is 4.82. The van der Waals surface area contributed by atoms with Gasteiger partial charge in [0.1, 0.15) is 0 Å². The molecular weight excluding hydrogens is 370 g/mol. The van der Waals surface area contributed by atoms with Crippen LogP contribution in [0.1, 0.15) is 97.3 Å². The van der Waals surface area contributed by atoms with Crippen molar-refractivity contribution in [1.82, 2.24) is 16.0 Å². The van der Waals surface area contributed by atoms with Gasteiger partial charge < -0.3 is 16.0 Å². The van der Waals surface area contributed by atoms with Crippen molar-refractivity contribution in [2.24, 2.45) is 0 Å². The molecule has 0 saturated carbocycles. The monoisotopic (exact) mass is 417 g/mol. The summed E-state index contributed by atoms with van der Waals surface area (Å²) in [4.78, 5) is 12.2. The van der Waals surface area contributed by atoms with Crippen LogP contribution < -0.4 is 16.0 Å². The minimum Gasteiger partial charge on any atom is -0.369 e. The first kappa shape index (κ1) is 28.2. The van der Waals surface area contributed by atoms with Crippen molar-refractivity contribution < 1.29 is 4.79 Å². The second kappa shape index (κ2) is 23.5. The molecule has 0 radical (unpaired) electrons. The van der Waals surface area contributed by atoms with Crippen LogP contribution in [0.2, 0.25) is 0 Å². The molecule has 0 bridgehead atoms. The van der Waals surface area contributed by atoms with Gasteiger partial charge in [0.25, 0.3) is 0 Å². The van der Waals surface area contributed by atoms with Crippen LogP contribution in [0.25, 0.3) is 0 Å². The summed E-state index contributed by atoms with van der Waals surface area (Å²) in [6.45, 7) is 9.83. The van der Waals surface area contributed by atoms with Crippen molar-refractivity contribution in [2.75, 3.05) is 13.1 Å². The summed E-state index contributed by atoms with van der Waals surface area (Å²) < 4.78 is 0. The van der Waals surface area contributed by atoms with Gasteiger partial charge in [0.05, 0.1) is 0 Å². The molecular formula is C26H47N3O. The number of amides is 1. The van der Waals surface area contributed by atoms with E-state index in [0.717, 1.165) is 50.9 Å². The Labute approximate surface area is 186 Å². The van der Waals surface area contributed by atoms with Gasteiger partial charge in [0, 0.05) is 12.1 Å². The van der Waals surface area contributed by atoms with Gasteiger partial charge in [-0.05, 0) is 57.2 Å². The van der Waals surface area contributed by atoms with Gasteiger partial charge in [0.15, 0.2) is 0 Å². The summed E-state index contributed by atoms with van der Waals surface area (Å²) in [7, 11) is 0. The van der Waals surface area contributed by atoms with Crippen molar-refractivity contribution in [2.45, 2.75) is 97.3 Å². The smallest absolute Gasteiger partial charge is 0.224 e. The van der Waals surface area contributed by atoms with Crippen LogP contribution in [0.5, 0.6) is 0 Å². The van der Waals surface area contributed by atoms with E-state index < -0.39 is 0 Å². The molecule has 1 amide bonds. The predicted octanol–water partition coefficient (Wildman–Crippen LogP) is 6.49. The van der Waals surface area contributed by atoms with Gasteiger partial charge in [0.2, 0.25) is 5.91 Å². The molecule has 0 spiro atoms. The zero-order valence-electron chi connectivity index (χ0n) is 19.7. The van der Waals surface area contributed by atoms with Crippen LogP contribution >= 0.6 is 0 Å². The average Bonchev–Trinajstić information content (AvgIpc) is 2.74. The van der Waals surface area contributed by atoms with Crippen molar-refractivity contribution >= 4 is 5.91 Å². The second-order valence-electron chi connectivity index (χ2n) is 7.70. The average molecular weight is 418 g/mol. The molecule has 4 heteroatoms. The van der Waals surface area contributed by atoms with E-state index in [4.69, 9.17) is 0 Å². The molecule has 0 rings (SSSR count). The van der Waals surface area contributed by atoms with E-state index in [1.165, 1.54) is 44.9 Å². The summed E-state index contributed by atoms with van der Waals surface area (Å²) in [6, 6.07) is 0. The largest absolute Gasteiger partial charge is 0.369 e. The van der Waals surface area contributed by atoms with Crippen LogP contribution in [0.15, 0.2) is 49.0 Å². The van der Waals surface area contributed by atoms with Crippen LogP contribution in [0.4, 0.5) is 0 Å². The molecule has 4 nitrogen and oxygen atoms in total. The maximum Gasteiger partial charge on any atom is 0.224 e. The molecule has 0 aromatic rings. The number of nitrogens with one attached hydrogen (secondary N) is 3. The van der Waals surface area contributed by atoms with Crippen molar-refractivity contribution in [3.05, 3.63) is 49.0 Å². The lowest BCUT2D eigenvalue weighted by atomic mass is 10.1. The Balaban J connectivity index is 3.81. The SMILES string of the molecule is C=CN/C=C\CCNCCC=C/C(=C\CC)NC(=O)CCCCCCCCCCC. The summed E-state index contributed by atoms with van der Waals surface area (Å²) in [5.74, 6) is 0.139. The first-order valence-corrected chi connectivity index (χ1v) is 12.1. The summed E-state index contributed by atoms with van der Waals surface area (Å²) in [5, 5.41) is 9.40. The van der Waals surface area contributed by atoms with E-state index in [-0.39, 0.29) is 5.91 Å². The van der Waals surface area contributed by atoms with E-state index in [9.17, 15) is 4.79 Å². The van der Waals surface area contributed by atoms with E-state index in [1.54, 1.807) is 6.20 Å².